The third-order valence-corrected chi connectivity index (χ3v) is 11.4. The van der Waals surface area contributed by atoms with E-state index in [1.54, 1.807) is 43.0 Å². The Bertz CT molecular complexity index is 2260. The van der Waals surface area contributed by atoms with Crippen molar-refractivity contribution in [3.63, 3.8) is 0 Å². The SMILES string of the molecule is Clc1cccc(Cl)c1CNc1cnc(Nc2ccc(OCCN3CCCC3)cc2)nc1.Oc1ccc(Cl)c(CNc2cnc(Nc3ccc(OCCN4CCCC4)cc3)nc2)c1. The van der Waals surface area contributed by atoms with Crippen molar-refractivity contribution < 1.29 is 14.6 Å². The first-order chi connectivity index (χ1) is 30.3. The van der Waals surface area contributed by atoms with Gasteiger partial charge in [-0.2, -0.15) is 0 Å². The van der Waals surface area contributed by atoms with E-state index < -0.39 is 0 Å². The molecule has 0 bridgehead atoms. The third-order valence-electron chi connectivity index (χ3n) is 10.3. The van der Waals surface area contributed by atoms with E-state index in [2.05, 4.69) is 51.0 Å². The van der Waals surface area contributed by atoms with Crippen LogP contribution in [0.4, 0.5) is 34.6 Å². The molecule has 2 saturated heterocycles. The molecule has 5 N–H and O–H groups in total. The number of aromatic nitrogens is 4. The van der Waals surface area contributed by atoms with Gasteiger partial charge in [0.2, 0.25) is 11.9 Å². The largest absolute Gasteiger partial charge is 0.508 e. The van der Waals surface area contributed by atoms with Crippen molar-refractivity contribution in [2.45, 2.75) is 38.8 Å². The molecule has 0 spiro atoms. The van der Waals surface area contributed by atoms with Crippen LogP contribution in [0.15, 0.2) is 110 Å². The zero-order chi connectivity index (χ0) is 42.9. The normalized spacial score (nSPS) is 13.9. The van der Waals surface area contributed by atoms with Crippen molar-refractivity contribution in [2.75, 3.05) is 73.7 Å². The van der Waals surface area contributed by atoms with E-state index in [4.69, 9.17) is 44.3 Å². The minimum absolute atomic E-state index is 0.181. The first-order valence-corrected chi connectivity index (χ1v) is 21.9. The summed E-state index contributed by atoms with van der Waals surface area (Å²) in [6, 6.07) is 25.9. The van der Waals surface area contributed by atoms with Gasteiger partial charge in [0, 0.05) is 58.2 Å². The number of phenolic OH excluding ortho intramolecular Hbond substituents is 1. The number of hydrogen-bond acceptors (Lipinski definition) is 13. The Hall–Kier alpha value is -5.57. The Morgan fingerprint density at radius 3 is 1.45 bits per heavy atom. The van der Waals surface area contributed by atoms with Crippen molar-refractivity contribution in [2.24, 2.45) is 0 Å². The molecule has 2 fully saturated rings. The van der Waals surface area contributed by atoms with Gasteiger partial charge >= 0.3 is 0 Å². The van der Waals surface area contributed by atoms with Crippen molar-refractivity contribution in [3.05, 3.63) is 136 Å². The van der Waals surface area contributed by atoms with E-state index in [1.165, 1.54) is 51.9 Å². The van der Waals surface area contributed by atoms with Crippen molar-refractivity contribution in [1.82, 2.24) is 29.7 Å². The van der Waals surface area contributed by atoms with Crippen LogP contribution in [0.2, 0.25) is 15.1 Å². The summed E-state index contributed by atoms with van der Waals surface area (Å²) < 4.78 is 11.7. The molecule has 0 amide bonds. The van der Waals surface area contributed by atoms with Crippen LogP contribution in [0.5, 0.6) is 17.2 Å². The van der Waals surface area contributed by atoms with E-state index in [9.17, 15) is 5.11 Å². The highest BCUT2D eigenvalue weighted by atomic mass is 35.5. The summed E-state index contributed by atoms with van der Waals surface area (Å²) in [7, 11) is 0. The molecule has 2 aromatic heterocycles. The van der Waals surface area contributed by atoms with E-state index in [-0.39, 0.29) is 5.75 Å². The summed E-state index contributed by atoms with van der Waals surface area (Å²) in [5.41, 5.74) is 4.96. The maximum Gasteiger partial charge on any atom is 0.227 e. The number of halogens is 3. The molecule has 6 aromatic rings. The number of likely N-dealkylation sites (tertiary alicyclic amines) is 2. The minimum atomic E-state index is 0.181. The first-order valence-electron chi connectivity index (χ1n) is 20.8. The van der Waals surface area contributed by atoms with Gasteiger partial charge in [0.05, 0.1) is 36.2 Å². The summed E-state index contributed by atoms with van der Waals surface area (Å²) in [4.78, 5) is 22.3. The molecule has 13 nitrogen and oxygen atoms in total. The number of phenols is 1. The monoisotopic (exact) mass is 896 g/mol. The molecule has 62 heavy (non-hydrogen) atoms. The molecule has 0 unspecified atom stereocenters. The van der Waals surface area contributed by atoms with Crippen molar-refractivity contribution in [3.8, 4) is 17.2 Å². The number of hydrogen-bond donors (Lipinski definition) is 5. The standard InChI is InChI=1S/C23H25Cl2N5O.C23H26ClN5O2/c24-21-4-3-5-22(25)20(21)16-26-18-14-27-23(28-15-18)29-17-6-8-19(9-7-17)31-13-12-30-10-1-2-11-30;24-22-8-5-20(30)13-17(22)14-25-19-15-26-23(27-16-19)28-18-3-6-21(7-4-18)31-12-11-29-9-1-2-10-29/h3-9,14-15,26H,1-2,10-13,16H2,(H,27,28,29);3-8,13,15-16,25,30H,1-2,9-12,14H2,(H,26,27,28). The van der Waals surface area contributed by atoms with Crippen LogP contribution >= 0.6 is 34.8 Å². The number of aromatic hydroxyl groups is 1. The first kappa shape index (κ1) is 44.5. The van der Waals surface area contributed by atoms with E-state index in [1.807, 2.05) is 66.7 Å². The number of nitrogens with zero attached hydrogens (tertiary/aromatic N) is 6. The number of anilines is 6. The lowest BCUT2D eigenvalue weighted by atomic mass is 10.2. The molecule has 2 aliphatic rings. The molecular formula is C46H51Cl3N10O3. The van der Waals surface area contributed by atoms with Crippen molar-refractivity contribution in [1.29, 1.82) is 0 Å². The molecule has 324 valence electrons. The lowest BCUT2D eigenvalue weighted by Gasteiger charge is -2.15. The summed E-state index contributed by atoms with van der Waals surface area (Å²) in [6.45, 7) is 9.08. The maximum absolute atomic E-state index is 9.59. The molecular weight excluding hydrogens is 847 g/mol. The Balaban J connectivity index is 0.000000186. The zero-order valence-electron chi connectivity index (χ0n) is 34.4. The Morgan fingerprint density at radius 1 is 0.532 bits per heavy atom. The van der Waals surface area contributed by atoms with Crippen LogP contribution in [0.25, 0.3) is 0 Å². The van der Waals surface area contributed by atoms with Gasteiger partial charge in [-0.3, -0.25) is 9.80 Å². The molecule has 16 heteroatoms. The molecule has 8 rings (SSSR count). The van der Waals surface area contributed by atoms with Crippen LogP contribution in [-0.4, -0.2) is 87.3 Å². The number of benzene rings is 4. The van der Waals surface area contributed by atoms with Crippen LogP contribution in [-0.2, 0) is 13.1 Å². The Morgan fingerprint density at radius 2 is 0.984 bits per heavy atom. The van der Waals surface area contributed by atoms with Gasteiger partial charge in [-0.25, -0.2) is 19.9 Å². The summed E-state index contributed by atoms with van der Waals surface area (Å²) >= 11 is 18.5. The van der Waals surface area contributed by atoms with Crippen molar-refractivity contribution >= 4 is 69.4 Å². The fourth-order valence-corrected chi connectivity index (χ4v) is 7.59. The molecule has 2 aliphatic heterocycles. The van der Waals surface area contributed by atoms with Gasteiger partial charge in [-0.05, 0) is 136 Å². The van der Waals surface area contributed by atoms with Crippen LogP contribution in [0.3, 0.4) is 0 Å². The fourth-order valence-electron chi connectivity index (χ4n) is 6.88. The third kappa shape index (κ3) is 14.0. The zero-order valence-corrected chi connectivity index (χ0v) is 36.6. The fraction of sp³-hybridized carbons (Fsp3) is 0.304. The van der Waals surface area contributed by atoms with Gasteiger partial charge in [-0.1, -0.05) is 40.9 Å². The molecule has 0 aliphatic carbocycles. The Labute approximate surface area is 377 Å². The lowest BCUT2D eigenvalue weighted by molar-refractivity contribution is 0.237. The van der Waals surface area contributed by atoms with Crippen LogP contribution in [0, 0.1) is 0 Å². The highest BCUT2D eigenvalue weighted by molar-refractivity contribution is 6.36. The lowest BCUT2D eigenvalue weighted by Crippen LogP contribution is -2.25. The Kier molecular flexibility index (Phi) is 16.5. The quantitative estimate of drug-likeness (QED) is 0.0559. The molecule has 4 heterocycles. The van der Waals surface area contributed by atoms with Gasteiger partial charge in [0.15, 0.2) is 0 Å². The van der Waals surface area contributed by atoms with Crippen LogP contribution in [0.1, 0.15) is 36.8 Å². The second kappa shape index (κ2) is 23.0. The minimum Gasteiger partial charge on any atom is -0.508 e. The average Bonchev–Trinajstić information content (AvgIpc) is 4.02. The average molecular weight is 898 g/mol. The van der Waals surface area contributed by atoms with Gasteiger partial charge < -0.3 is 35.8 Å². The topological polar surface area (TPSA) is 145 Å². The second-order valence-electron chi connectivity index (χ2n) is 14.9. The van der Waals surface area contributed by atoms with E-state index in [0.717, 1.165) is 58.5 Å². The van der Waals surface area contributed by atoms with Crippen LogP contribution < -0.4 is 30.7 Å². The summed E-state index contributed by atoms with van der Waals surface area (Å²) in [5, 5.41) is 24.2. The number of rotatable bonds is 18. The molecule has 0 atom stereocenters. The number of nitrogens with one attached hydrogen (secondary N) is 4. The predicted octanol–water partition coefficient (Wildman–Crippen LogP) is 10.3. The predicted molar refractivity (Wildman–Crippen MR) is 250 cm³/mol. The maximum atomic E-state index is 9.59. The number of ether oxygens (including phenoxy) is 2. The summed E-state index contributed by atoms with van der Waals surface area (Å²) in [6.07, 6.45) is 12.0. The highest BCUT2D eigenvalue weighted by Gasteiger charge is 2.12. The van der Waals surface area contributed by atoms with Gasteiger partial charge in [-0.15, -0.1) is 0 Å². The summed E-state index contributed by atoms with van der Waals surface area (Å²) in [5.74, 6) is 2.92. The smallest absolute Gasteiger partial charge is 0.227 e. The van der Waals surface area contributed by atoms with Gasteiger partial charge in [0.25, 0.3) is 0 Å². The van der Waals surface area contributed by atoms with E-state index >= 15 is 0 Å². The highest BCUT2D eigenvalue weighted by Crippen LogP contribution is 2.26. The second-order valence-corrected chi connectivity index (χ2v) is 16.1. The molecule has 4 aromatic carbocycles. The molecule has 0 radical (unpaired) electrons. The molecule has 0 saturated carbocycles. The van der Waals surface area contributed by atoms with Gasteiger partial charge in [0.1, 0.15) is 30.5 Å². The van der Waals surface area contributed by atoms with E-state index in [0.29, 0.717) is 53.3 Å².